The number of rotatable bonds is 11. The number of alkyl halides is 7. The van der Waals surface area contributed by atoms with Crippen molar-refractivity contribution in [1.29, 1.82) is 0 Å². The van der Waals surface area contributed by atoms with Crippen molar-refractivity contribution < 1.29 is 63.1 Å². The van der Waals surface area contributed by atoms with E-state index < -0.39 is 64.5 Å². The third-order valence-electron chi connectivity index (χ3n) is 3.15. The fourth-order valence-electron chi connectivity index (χ4n) is 1.74. The van der Waals surface area contributed by atoms with E-state index in [2.05, 4.69) is 16.1 Å². The highest BCUT2D eigenvalue weighted by atomic mass is 32.2. The summed E-state index contributed by atoms with van der Waals surface area (Å²) in [5.74, 6) is -11.7. The van der Waals surface area contributed by atoms with Gasteiger partial charge in [-0.05, 0) is 13.8 Å². The smallest absolute Gasteiger partial charge is 0.416 e. The maximum Gasteiger partial charge on any atom is 0.460 e. The summed E-state index contributed by atoms with van der Waals surface area (Å²) in [5.41, 5.74) is 0. The minimum absolute atomic E-state index is 0.215. The molecule has 0 spiro atoms. The molecule has 16 heteroatoms. The van der Waals surface area contributed by atoms with Crippen LogP contribution in [0.25, 0.3) is 0 Å². The van der Waals surface area contributed by atoms with Gasteiger partial charge < -0.3 is 14.6 Å². The molecule has 29 heavy (non-hydrogen) atoms. The third-order valence-corrected chi connectivity index (χ3v) is 4.09. The molecule has 0 amide bonds. The Kier molecular flexibility index (Phi) is 8.64. The molecular weight excluding hydrogens is 447 g/mol. The molecule has 0 rings (SSSR count). The summed E-state index contributed by atoms with van der Waals surface area (Å²) in [5, 5.41) is 5.58. The summed E-state index contributed by atoms with van der Waals surface area (Å²) in [6.45, 7) is 3.30. The largest absolute Gasteiger partial charge is 0.460 e. The molecule has 0 aliphatic carbocycles. The quantitative estimate of drug-likeness (QED) is 0.139. The lowest BCUT2D eigenvalue weighted by atomic mass is 10.2. The van der Waals surface area contributed by atoms with Gasteiger partial charge in [0.25, 0.3) is 0 Å². The summed E-state index contributed by atoms with van der Waals surface area (Å²) < 4.78 is 131. The maximum atomic E-state index is 13.5. The van der Waals surface area contributed by atoms with E-state index >= 15 is 0 Å². The predicted molar refractivity (Wildman–Crippen MR) is 81.4 cm³/mol. The van der Waals surface area contributed by atoms with E-state index in [9.17, 15) is 49.1 Å². The molecule has 0 fully saturated rings. The van der Waals surface area contributed by atoms with Crippen molar-refractivity contribution >= 4 is 16.1 Å². The number of halogens is 7. The van der Waals surface area contributed by atoms with Crippen molar-refractivity contribution in [2.24, 2.45) is 0 Å². The van der Waals surface area contributed by atoms with Crippen molar-refractivity contribution in [3.63, 3.8) is 0 Å². The van der Waals surface area contributed by atoms with Gasteiger partial charge in [-0.1, -0.05) is 6.58 Å². The van der Waals surface area contributed by atoms with Gasteiger partial charge in [-0.3, -0.25) is 9.87 Å². The summed E-state index contributed by atoms with van der Waals surface area (Å²) in [7, 11) is -6.63. The average molecular weight is 465 g/mol. The minimum Gasteiger partial charge on any atom is -0.416 e. The third kappa shape index (κ3) is 6.24. The molecule has 0 aliphatic rings. The van der Waals surface area contributed by atoms with E-state index in [1.54, 1.807) is 0 Å². The van der Waals surface area contributed by atoms with E-state index in [0.717, 1.165) is 0 Å². The highest BCUT2D eigenvalue weighted by Crippen LogP contribution is 2.42. The molecule has 8 nitrogen and oxygen atoms in total. The van der Waals surface area contributed by atoms with Gasteiger partial charge in [0.2, 0.25) is 0 Å². The highest BCUT2D eigenvalue weighted by Gasteiger charge is 2.67. The molecule has 0 aromatic rings. The zero-order chi connectivity index (χ0) is 23.5. The number of nitrogens with one attached hydrogen (secondary N) is 1. The van der Waals surface area contributed by atoms with E-state index in [1.807, 2.05) is 5.32 Å². The fraction of sp³-hybridized carbons (Fsp3) is 0.769. The van der Waals surface area contributed by atoms with Gasteiger partial charge >= 0.3 is 39.2 Å². The Bertz CT molecular complexity index is 696. The van der Waals surface area contributed by atoms with Crippen LogP contribution in [0.2, 0.25) is 0 Å². The first kappa shape index (κ1) is 27.5. The van der Waals surface area contributed by atoms with E-state index in [1.165, 1.54) is 13.8 Å². The normalized spacial score (nSPS) is 17.0. The second-order valence-corrected chi connectivity index (χ2v) is 7.27. The summed E-state index contributed by atoms with van der Waals surface area (Å²) in [6.07, 6.45) is -10.9. The number of hydrogen-bond acceptors (Lipinski definition) is 7. The van der Waals surface area contributed by atoms with Crippen LogP contribution in [0.15, 0.2) is 12.7 Å². The first-order valence-electron chi connectivity index (χ1n) is 7.48. The highest BCUT2D eigenvalue weighted by molar-refractivity contribution is 7.87. The van der Waals surface area contributed by atoms with Crippen LogP contribution in [0.5, 0.6) is 0 Å². The molecule has 0 radical (unpaired) electrons. The van der Waals surface area contributed by atoms with Crippen LogP contribution >= 0.6 is 0 Å². The van der Waals surface area contributed by atoms with Crippen molar-refractivity contribution in [3.05, 3.63) is 12.7 Å². The lowest BCUT2D eigenvalue weighted by Crippen LogP contribution is -2.65. The molecule has 0 aliphatic heterocycles. The van der Waals surface area contributed by atoms with E-state index in [-0.39, 0.29) is 6.08 Å². The van der Waals surface area contributed by atoms with Crippen LogP contribution < -0.4 is 5.32 Å². The molecule has 0 aromatic heterocycles. The average Bonchev–Trinajstić information content (AvgIpc) is 2.50. The molecule has 0 heterocycles. The Morgan fingerprint density at radius 2 is 1.66 bits per heavy atom. The van der Waals surface area contributed by atoms with E-state index in [0.29, 0.717) is 0 Å². The number of carbonyl (C=O) groups is 1. The molecule has 0 aromatic carbocycles. The maximum absolute atomic E-state index is 13.5. The Morgan fingerprint density at radius 3 is 2.00 bits per heavy atom. The lowest BCUT2D eigenvalue weighted by molar-refractivity contribution is -0.399. The summed E-state index contributed by atoms with van der Waals surface area (Å²) in [6, 6.07) is -0.900. The standard InChI is InChI=1S/C13H18F7NO7S/c1-4-8(22)28-11(12(16,17)18,9(23)21-7(2)3)27-6-5-10(14,15)13(19,20)29(24,25)26/h4,7,9,21,23H,1,5-6H2,2-3H3,(H,24,25,26). The molecule has 172 valence electrons. The Balaban J connectivity index is 5.89. The van der Waals surface area contributed by atoms with Gasteiger partial charge in [-0.2, -0.15) is 39.2 Å². The van der Waals surface area contributed by atoms with Crippen LogP contribution in [0.4, 0.5) is 30.7 Å². The molecule has 3 N–H and O–H groups in total. The zero-order valence-electron chi connectivity index (χ0n) is 14.8. The minimum atomic E-state index is -6.63. The molecule has 0 bridgehead atoms. The second-order valence-electron chi connectivity index (χ2n) is 5.81. The van der Waals surface area contributed by atoms with Crippen molar-refractivity contribution in [3.8, 4) is 0 Å². The van der Waals surface area contributed by atoms with Gasteiger partial charge in [-0.25, -0.2) is 4.79 Å². The van der Waals surface area contributed by atoms with Gasteiger partial charge in [0.05, 0.1) is 6.61 Å². The van der Waals surface area contributed by atoms with Crippen LogP contribution in [-0.4, -0.2) is 66.1 Å². The number of ether oxygens (including phenoxy) is 2. The SMILES string of the molecule is C=CC(=O)OC(OCCC(F)(F)C(F)(F)S(=O)(=O)O)(C(O)NC(C)C)C(F)(F)F. The zero-order valence-corrected chi connectivity index (χ0v) is 15.7. The van der Waals surface area contributed by atoms with Crippen molar-refractivity contribution in [1.82, 2.24) is 5.32 Å². The number of hydrogen-bond donors (Lipinski definition) is 3. The molecule has 0 saturated heterocycles. The molecule has 2 atom stereocenters. The van der Waals surface area contributed by atoms with Gasteiger partial charge in [0.1, 0.15) is 0 Å². The van der Waals surface area contributed by atoms with Crippen LogP contribution in [-0.2, 0) is 24.4 Å². The van der Waals surface area contributed by atoms with Crippen LogP contribution in [0, 0.1) is 0 Å². The Morgan fingerprint density at radius 1 is 1.17 bits per heavy atom. The van der Waals surface area contributed by atoms with Crippen LogP contribution in [0.3, 0.4) is 0 Å². The summed E-state index contributed by atoms with van der Waals surface area (Å²) >= 11 is 0. The number of aliphatic hydroxyl groups is 1. The first-order valence-corrected chi connectivity index (χ1v) is 8.92. The van der Waals surface area contributed by atoms with E-state index in [4.69, 9.17) is 4.55 Å². The van der Waals surface area contributed by atoms with Gasteiger partial charge in [0, 0.05) is 18.5 Å². The molecule has 0 saturated carbocycles. The summed E-state index contributed by atoms with van der Waals surface area (Å²) in [4.78, 5) is 11.3. The first-order chi connectivity index (χ1) is 12.7. The predicted octanol–water partition coefficient (Wildman–Crippen LogP) is 1.81. The molecule has 2 unspecified atom stereocenters. The second kappa shape index (κ2) is 9.11. The number of esters is 1. The lowest BCUT2D eigenvalue weighted by Gasteiger charge is -2.39. The number of carbonyl (C=O) groups excluding carboxylic acids is 1. The van der Waals surface area contributed by atoms with Gasteiger partial charge in [0.15, 0.2) is 6.23 Å². The van der Waals surface area contributed by atoms with Crippen molar-refractivity contribution in [2.75, 3.05) is 6.61 Å². The fourth-order valence-corrected chi connectivity index (χ4v) is 2.22. The number of aliphatic hydroxyl groups excluding tert-OH is 1. The molecular formula is C13H18F7NO7S. The Hall–Kier alpha value is -1.49. The topological polar surface area (TPSA) is 122 Å². The van der Waals surface area contributed by atoms with Gasteiger partial charge in [-0.15, -0.1) is 0 Å². The monoisotopic (exact) mass is 465 g/mol. The van der Waals surface area contributed by atoms with Crippen molar-refractivity contribution in [2.45, 2.75) is 55.7 Å². The Labute approximate surface area is 160 Å². The van der Waals surface area contributed by atoms with Crippen LogP contribution in [0.1, 0.15) is 20.3 Å².